The maximum Gasteiger partial charge on any atom is 0.119 e. The zero-order chi connectivity index (χ0) is 7.40. The average molecular weight is 203 g/mol. The van der Waals surface area contributed by atoms with Crippen LogP contribution < -0.4 is 0 Å². The second-order valence-electron chi connectivity index (χ2n) is 2.23. The molecule has 1 atom stereocenters. The zero-order valence-corrected chi connectivity index (χ0v) is 7.56. The van der Waals surface area contributed by atoms with E-state index in [9.17, 15) is 0 Å². The number of nitrogens with zero attached hydrogens (tertiary/aromatic N) is 1. The Morgan fingerprint density at radius 2 is 2.60 bits per heavy atom. The second-order valence-corrected chi connectivity index (χ2v) is 3.34. The first kappa shape index (κ1) is 7.79. The largest absolute Gasteiger partial charge is 0.348 e. The molecule has 0 saturated heterocycles. The Morgan fingerprint density at radius 1 is 1.80 bits per heavy atom. The van der Waals surface area contributed by atoms with Crippen LogP contribution in [0.25, 0.3) is 0 Å². The van der Waals surface area contributed by atoms with Crippen molar-refractivity contribution >= 4 is 15.9 Å². The van der Waals surface area contributed by atoms with Gasteiger partial charge in [-0.1, -0.05) is 29.3 Å². The van der Waals surface area contributed by atoms with E-state index >= 15 is 0 Å². The van der Waals surface area contributed by atoms with Gasteiger partial charge in [-0.15, -0.1) is 0 Å². The molecular formula is C7H11BrN2. The van der Waals surface area contributed by atoms with Crippen molar-refractivity contribution in [3.05, 3.63) is 18.2 Å². The lowest BCUT2D eigenvalue weighted by atomic mass is 10.2. The van der Waals surface area contributed by atoms with Crippen LogP contribution in [-0.2, 0) is 0 Å². The number of hydrogen-bond acceptors (Lipinski definition) is 1. The van der Waals surface area contributed by atoms with Crippen molar-refractivity contribution in [1.29, 1.82) is 0 Å². The van der Waals surface area contributed by atoms with Crippen LogP contribution in [0.15, 0.2) is 12.4 Å². The van der Waals surface area contributed by atoms with Gasteiger partial charge in [-0.3, -0.25) is 0 Å². The Balaban J connectivity index is 2.50. The Labute approximate surface area is 69.2 Å². The number of aromatic amines is 1. The van der Waals surface area contributed by atoms with Crippen molar-refractivity contribution < 1.29 is 0 Å². The predicted octanol–water partition coefficient (Wildman–Crippen LogP) is 2.65. The average Bonchev–Trinajstić information content (AvgIpc) is 2.38. The van der Waals surface area contributed by atoms with Gasteiger partial charge >= 0.3 is 0 Å². The van der Waals surface area contributed by atoms with E-state index in [2.05, 4.69) is 32.8 Å². The first-order valence-electron chi connectivity index (χ1n) is 3.48. The van der Waals surface area contributed by atoms with E-state index in [-0.39, 0.29) is 0 Å². The summed E-state index contributed by atoms with van der Waals surface area (Å²) in [6.07, 6.45) is 5.93. The molecule has 2 nitrogen and oxygen atoms in total. The van der Waals surface area contributed by atoms with Crippen LogP contribution in [0.1, 0.15) is 30.4 Å². The fourth-order valence-electron chi connectivity index (χ4n) is 0.839. The summed E-state index contributed by atoms with van der Waals surface area (Å²) in [6.45, 7) is 2.16. The molecule has 0 bridgehead atoms. The van der Waals surface area contributed by atoms with Crippen molar-refractivity contribution in [2.75, 3.05) is 0 Å². The van der Waals surface area contributed by atoms with Crippen molar-refractivity contribution in [3.8, 4) is 0 Å². The maximum atomic E-state index is 4.13. The molecule has 0 aromatic carbocycles. The third-order valence-corrected chi connectivity index (χ3v) is 2.25. The third-order valence-electron chi connectivity index (χ3n) is 1.36. The number of nitrogens with one attached hydrogen (secondary N) is 1. The molecule has 3 heteroatoms. The smallest absolute Gasteiger partial charge is 0.119 e. The minimum absolute atomic E-state index is 0.396. The molecule has 0 amide bonds. The van der Waals surface area contributed by atoms with Gasteiger partial charge in [0.25, 0.3) is 0 Å². The number of alkyl halides is 1. The van der Waals surface area contributed by atoms with E-state index in [1.54, 1.807) is 6.20 Å². The van der Waals surface area contributed by atoms with Crippen LogP contribution in [0.4, 0.5) is 0 Å². The van der Waals surface area contributed by atoms with E-state index < -0.39 is 0 Å². The van der Waals surface area contributed by atoms with Gasteiger partial charge in [-0.05, 0) is 6.42 Å². The van der Waals surface area contributed by atoms with Crippen LogP contribution in [0.2, 0.25) is 0 Å². The van der Waals surface area contributed by atoms with Crippen molar-refractivity contribution in [1.82, 2.24) is 9.97 Å². The molecule has 1 N–H and O–H groups in total. The number of hydrogen-bond donors (Lipinski definition) is 1. The molecule has 10 heavy (non-hydrogen) atoms. The normalized spacial score (nSPS) is 13.4. The fourth-order valence-corrected chi connectivity index (χ4v) is 1.55. The third kappa shape index (κ3) is 1.84. The van der Waals surface area contributed by atoms with Gasteiger partial charge in [0.05, 0.1) is 4.83 Å². The lowest BCUT2D eigenvalue weighted by molar-refractivity contribution is 0.756. The number of rotatable bonds is 3. The van der Waals surface area contributed by atoms with E-state index in [1.165, 1.54) is 6.42 Å². The molecule has 0 spiro atoms. The van der Waals surface area contributed by atoms with Crippen molar-refractivity contribution in [3.63, 3.8) is 0 Å². The van der Waals surface area contributed by atoms with E-state index in [4.69, 9.17) is 0 Å². The summed E-state index contributed by atoms with van der Waals surface area (Å²) in [5.74, 6) is 1.03. The molecule has 1 unspecified atom stereocenters. The molecule has 1 aromatic rings. The lowest BCUT2D eigenvalue weighted by Gasteiger charge is -2.02. The van der Waals surface area contributed by atoms with E-state index in [1.807, 2.05) is 6.20 Å². The van der Waals surface area contributed by atoms with Crippen molar-refractivity contribution in [2.45, 2.75) is 24.6 Å². The summed E-state index contributed by atoms with van der Waals surface area (Å²) < 4.78 is 0. The number of halogens is 1. The van der Waals surface area contributed by atoms with Gasteiger partial charge < -0.3 is 4.98 Å². The van der Waals surface area contributed by atoms with Gasteiger partial charge in [0.2, 0.25) is 0 Å². The van der Waals surface area contributed by atoms with Gasteiger partial charge in [0.1, 0.15) is 5.82 Å². The first-order chi connectivity index (χ1) is 4.84. The summed E-state index contributed by atoms with van der Waals surface area (Å²) >= 11 is 3.53. The van der Waals surface area contributed by atoms with Crippen molar-refractivity contribution in [2.24, 2.45) is 0 Å². The lowest BCUT2D eigenvalue weighted by Crippen LogP contribution is -1.90. The van der Waals surface area contributed by atoms with Crippen LogP contribution >= 0.6 is 15.9 Å². The Hall–Kier alpha value is -0.310. The van der Waals surface area contributed by atoms with Crippen LogP contribution in [-0.4, -0.2) is 9.97 Å². The Bertz CT molecular complexity index is 172. The molecule has 0 saturated carbocycles. The van der Waals surface area contributed by atoms with Gasteiger partial charge in [-0.2, -0.15) is 0 Å². The number of imidazole rings is 1. The highest BCUT2D eigenvalue weighted by atomic mass is 79.9. The fraction of sp³-hybridized carbons (Fsp3) is 0.571. The molecule has 0 aliphatic rings. The highest BCUT2D eigenvalue weighted by Crippen LogP contribution is 2.23. The summed E-state index contributed by atoms with van der Waals surface area (Å²) in [5, 5.41) is 0. The van der Waals surface area contributed by atoms with Gasteiger partial charge in [0, 0.05) is 12.4 Å². The molecule has 0 aliphatic heterocycles. The molecule has 0 radical (unpaired) electrons. The zero-order valence-electron chi connectivity index (χ0n) is 5.97. The molecular weight excluding hydrogens is 192 g/mol. The minimum Gasteiger partial charge on any atom is -0.348 e. The van der Waals surface area contributed by atoms with Gasteiger partial charge in [-0.25, -0.2) is 4.98 Å². The summed E-state index contributed by atoms with van der Waals surface area (Å²) in [4.78, 5) is 7.59. The highest BCUT2D eigenvalue weighted by Gasteiger charge is 2.06. The SMILES string of the molecule is CCCC(Br)c1ncc[nH]1. The molecule has 1 heterocycles. The highest BCUT2D eigenvalue weighted by molar-refractivity contribution is 9.09. The predicted molar refractivity (Wildman–Crippen MR) is 45.2 cm³/mol. The van der Waals surface area contributed by atoms with Gasteiger partial charge in [0.15, 0.2) is 0 Å². The Kier molecular flexibility index (Phi) is 2.93. The summed E-state index contributed by atoms with van der Waals surface area (Å²) in [6, 6.07) is 0. The topological polar surface area (TPSA) is 28.7 Å². The number of aromatic nitrogens is 2. The molecule has 0 aliphatic carbocycles. The second kappa shape index (κ2) is 3.76. The first-order valence-corrected chi connectivity index (χ1v) is 4.39. The molecule has 1 rings (SSSR count). The van der Waals surface area contributed by atoms with E-state index in [0.717, 1.165) is 12.2 Å². The standard InChI is InChI=1S/C7H11BrN2/c1-2-3-6(8)7-9-4-5-10-7/h4-6H,2-3H2,1H3,(H,9,10). The Morgan fingerprint density at radius 3 is 3.10 bits per heavy atom. The minimum atomic E-state index is 0.396. The maximum absolute atomic E-state index is 4.13. The van der Waals surface area contributed by atoms with Crippen LogP contribution in [0, 0.1) is 0 Å². The molecule has 0 fully saturated rings. The monoisotopic (exact) mass is 202 g/mol. The number of H-pyrrole nitrogens is 1. The quantitative estimate of drug-likeness (QED) is 0.751. The van der Waals surface area contributed by atoms with Crippen LogP contribution in [0.3, 0.4) is 0 Å². The summed E-state index contributed by atoms with van der Waals surface area (Å²) in [7, 11) is 0. The van der Waals surface area contributed by atoms with Crippen LogP contribution in [0.5, 0.6) is 0 Å². The molecule has 1 aromatic heterocycles. The van der Waals surface area contributed by atoms with E-state index in [0.29, 0.717) is 4.83 Å². The summed E-state index contributed by atoms with van der Waals surface area (Å²) in [5.41, 5.74) is 0. The molecule has 56 valence electrons.